The molecule has 2 aromatic rings. The first kappa shape index (κ1) is 15.1. The molecule has 0 spiro atoms. The van der Waals surface area contributed by atoms with Crippen LogP contribution in [-0.4, -0.2) is 30.5 Å². The van der Waals surface area contributed by atoms with E-state index in [0.29, 0.717) is 18.5 Å². The van der Waals surface area contributed by atoms with E-state index in [9.17, 15) is 9.59 Å². The number of esters is 1. The summed E-state index contributed by atoms with van der Waals surface area (Å²) in [6, 6.07) is 7.60. The van der Waals surface area contributed by atoms with Crippen molar-refractivity contribution in [1.82, 2.24) is 10.3 Å². The molecule has 1 heterocycles. The fourth-order valence-corrected chi connectivity index (χ4v) is 2.24. The van der Waals surface area contributed by atoms with Crippen LogP contribution in [0.1, 0.15) is 36.0 Å². The van der Waals surface area contributed by atoms with Gasteiger partial charge in [0, 0.05) is 24.5 Å². The highest BCUT2D eigenvalue weighted by atomic mass is 16.5. The van der Waals surface area contributed by atoms with Crippen LogP contribution in [0, 0.1) is 0 Å². The standard InChI is InChI=1S/C16H20N2O3/c1-21-14(19)8-3-2-4-10-18-16(20)13-7-5-6-12-9-11-17-15(12)13/h5-7,9,11,17H,2-4,8,10H2,1H3,(H,18,20). The van der Waals surface area contributed by atoms with E-state index in [0.717, 1.165) is 30.2 Å². The van der Waals surface area contributed by atoms with Crippen molar-refractivity contribution < 1.29 is 14.3 Å². The summed E-state index contributed by atoms with van der Waals surface area (Å²) in [7, 11) is 1.39. The number of fused-ring (bicyclic) bond motifs is 1. The summed E-state index contributed by atoms with van der Waals surface area (Å²) in [6.45, 7) is 0.608. The van der Waals surface area contributed by atoms with Crippen LogP contribution in [0.25, 0.3) is 10.9 Å². The highest BCUT2D eigenvalue weighted by Gasteiger charge is 2.09. The molecule has 0 aliphatic rings. The fraction of sp³-hybridized carbons (Fsp3) is 0.375. The van der Waals surface area contributed by atoms with Crippen LogP contribution in [0.5, 0.6) is 0 Å². The van der Waals surface area contributed by atoms with Gasteiger partial charge in [0.15, 0.2) is 0 Å². The average molecular weight is 288 g/mol. The number of aromatic amines is 1. The number of benzene rings is 1. The summed E-state index contributed by atoms with van der Waals surface area (Å²) >= 11 is 0. The van der Waals surface area contributed by atoms with Crippen LogP contribution >= 0.6 is 0 Å². The Kier molecular flexibility index (Phi) is 5.37. The summed E-state index contributed by atoms with van der Waals surface area (Å²) in [5.74, 6) is -0.256. The third-order valence-corrected chi connectivity index (χ3v) is 3.40. The SMILES string of the molecule is COC(=O)CCCCCNC(=O)c1cccc2cc[nH]c12. The Hall–Kier alpha value is -2.30. The largest absolute Gasteiger partial charge is 0.469 e. The molecule has 5 heteroatoms. The summed E-state index contributed by atoms with van der Waals surface area (Å²) < 4.78 is 4.57. The van der Waals surface area contributed by atoms with E-state index in [4.69, 9.17) is 0 Å². The lowest BCUT2D eigenvalue weighted by molar-refractivity contribution is -0.140. The second-order valence-electron chi connectivity index (χ2n) is 4.89. The second kappa shape index (κ2) is 7.47. The molecule has 0 atom stereocenters. The number of rotatable bonds is 7. The highest BCUT2D eigenvalue weighted by Crippen LogP contribution is 2.16. The minimum absolute atomic E-state index is 0.0731. The van der Waals surface area contributed by atoms with Gasteiger partial charge in [-0.3, -0.25) is 9.59 Å². The zero-order valence-corrected chi connectivity index (χ0v) is 12.1. The lowest BCUT2D eigenvalue weighted by Crippen LogP contribution is -2.24. The van der Waals surface area contributed by atoms with Crippen molar-refractivity contribution in [2.24, 2.45) is 0 Å². The van der Waals surface area contributed by atoms with Gasteiger partial charge in [-0.2, -0.15) is 0 Å². The van der Waals surface area contributed by atoms with E-state index in [1.807, 2.05) is 30.5 Å². The minimum Gasteiger partial charge on any atom is -0.469 e. The van der Waals surface area contributed by atoms with Gasteiger partial charge in [-0.15, -0.1) is 0 Å². The molecule has 0 aliphatic carbocycles. The number of amides is 1. The van der Waals surface area contributed by atoms with Gasteiger partial charge >= 0.3 is 5.97 Å². The van der Waals surface area contributed by atoms with Gasteiger partial charge in [0.25, 0.3) is 5.91 Å². The normalized spacial score (nSPS) is 10.5. The van der Waals surface area contributed by atoms with Gasteiger partial charge in [-0.1, -0.05) is 18.6 Å². The van der Waals surface area contributed by atoms with E-state index in [2.05, 4.69) is 15.0 Å². The van der Waals surface area contributed by atoms with Crippen LogP contribution in [0.15, 0.2) is 30.5 Å². The minimum atomic E-state index is -0.183. The van der Waals surface area contributed by atoms with Crippen molar-refractivity contribution in [3.63, 3.8) is 0 Å². The highest BCUT2D eigenvalue weighted by molar-refractivity contribution is 6.05. The number of unbranched alkanes of at least 4 members (excludes halogenated alkanes) is 2. The van der Waals surface area contributed by atoms with Gasteiger partial charge in [0.1, 0.15) is 0 Å². The number of carbonyl (C=O) groups excluding carboxylic acids is 2. The van der Waals surface area contributed by atoms with Crippen LogP contribution in [-0.2, 0) is 9.53 Å². The van der Waals surface area contributed by atoms with Crippen molar-refractivity contribution >= 4 is 22.8 Å². The van der Waals surface area contributed by atoms with Crippen molar-refractivity contribution in [2.75, 3.05) is 13.7 Å². The topological polar surface area (TPSA) is 71.2 Å². The number of carbonyl (C=O) groups is 2. The maximum Gasteiger partial charge on any atom is 0.305 e. The molecule has 0 bridgehead atoms. The van der Waals surface area contributed by atoms with Gasteiger partial charge in [0.05, 0.1) is 18.2 Å². The molecular formula is C16H20N2O3. The van der Waals surface area contributed by atoms with Crippen molar-refractivity contribution in [1.29, 1.82) is 0 Å². The molecule has 1 aromatic carbocycles. The molecular weight excluding hydrogens is 268 g/mol. The summed E-state index contributed by atoms with van der Waals surface area (Å²) in [5.41, 5.74) is 1.52. The van der Waals surface area contributed by atoms with E-state index in [-0.39, 0.29) is 11.9 Å². The van der Waals surface area contributed by atoms with E-state index < -0.39 is 0 Å². The van der Waals surface area contributed by atoms with Gasteiger partial charge in [-0.25, -0.2) is 0 Å². The number of H-pyrrole nitrogens is 1. The summed E-state index contributed by atoms with van der Waals surface area (Å²) in [6.07, 6.45) is 4.79. The molecule has 1 aromatic heterocycles. The number of ether oxygens (including phenoxy) is 1. The molecule has 0 saturated heterocycles. The first-order chi connectivity index (χ1) is 10.2. The summed E-state index contributed by atoms with van der Waals surface area (Å²) in [5, 5.41) is 3.94. The Labute approximate surface area is 123 Å². The molecule has 5 nitrogen and oxygen atoms in total. The van der Waals surface area contributed by atoms with Crippen LogP contribution < -0.4 is 5.32 Å². The molecule has 0 aliphatic heterocycles. The Balaban J connectivity index is 1.75. The molecule has 112 valence electrons. The van der Waals surface area contributed by atoms with Crippen molar-refractivity contribution in [2.45, 2.75) is 25.7 Å². The molecule has 0 unspecified atom stereocenters. The fourth-order valence-electron chi connectivity index (χ4n) is 2.24. The van der Waals surface area contributed by atoms with Crippen LogP contribution in [0.3, 0.4) is 0 Å². The Morgan fingerprint density at radius 2 is 2.05 bits per heavy atom. The molecule has 0 saturated carbocycles. The lowest BCUT2D eigenvalue weighted by Gasteiger charge is -2.06. The molecule has 1 amide bonds. The third-order valence-electron chi connectivity index (χ3n) is 3.40. The molecule has 2 rings (SSSR count). The lowest BCUT2D eigenvalue weighted by atomic mass is 10.1. The Bertz CT molecular complexity index is 619. The van der Waals surface area contributed by atoms with Crippen molar-refractivity contribution in [3.8, 4) is 0 Å². The van der Waals surface area contributed by atoms with Gasteiger partial charge in [0.2, 0.25) is 0 Å². The van der Waals surface area contributed by atoms with E-state index >= 15 is 0 Å². The smallest absolute Gasteiger partial charge is 0.305 e. The number of methoxy groups -OCH3 is 1. The maximum absolute atomic E-state index is 12.1. The van der Waals surface area contributed by atoms with Crippen LogP contribution in [0.2, 0.25) is 0 Å². The summed E-state index contributed by atoms with van der Waals surface area (Å²) in [4.78, 5) is 26.2. The number of para-hydroxylation sites is 1. The zero-order chi connectivity index (χ0) is 15.1. The molecule has 0 fully saturated rings. The number of nitrogens with one attached hydrogen (secondary N) is 2. The predicted octanol–water partition coefficient (Wildman–Crippen LogP) is 2.63. The number of hydrogen-bond acceptors (Lipinski definition) is 3. The predicted molar refractivity (Wildman–Crippen MR) is 81.1 cm³/mol. The molecule has 0 radical (unpaired) electrons. The quantitative estimate of drug-likeness (QED) is 0.607. The zero-order valence-electron chi connectivity index (χ0n) is 12.1. The molecule has 2 N–H and O–H groups in total. The Morgan fingerprint density at radius 3 is 2.86 bits per heavy atom. The van der Waals surface area contributed by atoms with Crippen LogP contribution in [0.4, 0.5) is 0 Å². The average Bonchev–Trinajstić information content (AvgIpc) is 2.98. The van der Waals surface area contributed by atoms with Crippen molar-refractivity contribution in [3.05, 3.63) is 36.0 Å². The van der Waals surface area contributed by atoms with Gasteiger partial charge in [-0.05, 0) is 25.0 Å². The van der Waals surface area contributed by atoms with E-state index in [1.54, 1.807) is 0 Å². The number of aromatic nitrogens is 1. The first-order valence-corrected chi connectivity index (χ1v) is 7.13. The Morgan fingerprint density at radius 1 is 1.19 bits per heavy atom. The second-order valence-corrected chi connectivity index (χ2v) is 4.89. The monoisotopic (exact) mass is 288 g/mol. The number of hydrogen-bond donors (Lipinski definition) is 2. The van der Waals surface area contributed by atoms with E-state index in [1.165, 1.54) is 7.11 Å². The third kappa shape index (κ3) is 4.08. The maximum atomic E-state index is 12.1. The first-order valence-electron chi connectivity index (χ1n) is 7.13. The molecule has 21 heavy (non-hydrogen) atoms. The van der Waals surface area contributed by atoms with Gasteiger partial charge < -0.3 is 15.0 Å².